The Morgan fingerprint density at radius 2 is 2.35 bits per heavy atom. The second kappa shape index (κ2) is 6.91. The van der Waals surface area contributed by atoms with Crippen LogP contribution in [0.1, 0.15) is 39.4 Å². The molecule has 7 nitrogen and oxygen atoms in total. The summed E-state index contributed by atoms with van der Waals surface area (Å²) in [5, 5.41) is 17.0. The van der Waals surface area contributed by atoms with Crippen molar-refractivity contribution in [3.05, 3.63) is 33.8 Å². The van der Waals surface area contributed by atoms with E-state index in [1.807, 2.05) is 16.8 Å². The van der Waals surface area contributed by atoms with Gasteiger partial charge in [-0.1, -0.05) is 0 Å². The van der Waals surface area contributed by atoms with E-state index < -0.39 is 0 Å². The molecule has 1 atom stereocenters. The zero-order valence-electron chi connectivity index (χ0n) is 12.9. The maximum Gasteiger partial charge on any atom is 0.276 e. The molecule has 23 heavy (non-hydrogen) atoms. The van der Waals surface area contributed by atoms with Gasteiger partial charge in [-0.3, -0.25) is 9.59 Å². The summed E-state index contributed by atoms with van der Waals surface area (Å²) in [5.41, 5.74) is 1.69. The maximum atomic E-state index is 12.5. The van der Waals surface area contributed by atoms with Crippen LogP contribution < -0.4 is 5.32 Å². The Labute approximate surface area is 138 Å². The molecule has 3 heterocycles. The first-order chi connectivity index (χ1) is 11.1. The minimum Gasteiger partial charge on any atom is -0.352 e. The molecule has 1 fully saturated rings. The number of hydrogen-bond acceptors (Lipinski definition) is 5. The second-order valence-electron chi connectivity index (χ2n) is 5.74. The summed E-state index contributed by atoms with van der Waals surface area (Å²) in [6, 6.07) is 1.81. The van der Waals surface area contributed by atoms with Gasteiger partial charge in [0.25, 0.3) is 11.8 Å². The van der Waals surface area contributed by atoms with Gasteiger partial charge in [-0.25, -0.2) is 0 Å². The van der Waals surface area contributed by atoms with Gasteiger partial charge < -0.3 is 10.2 Å². The number of aromatic nitrogens is 3. The second-order valence-corrected chi connectivity index (χ2v) is 6.52. The number of carbonyl (C=O) groups excluding carboxylic acids is 2. The van der Waals surface area contributed by atoms with Gasteiger partial charge in [0.1, 0.15) is 0 Å². The fourth-order valence-electron chi connectivity index (χ4n) is 2.79. The highest BCUT2D eigenvalue weighted by Crippen LogP contribution is 2.18. The summed E-state index contributed by atoms with van der Waals surface area (Å²) in [5.74, 6) is 0.120. The van der Waals surface area contributed by atoms with Crippen molar-refractivity contribution >= 4 is 23.2 Å². The number of nitrogens with zero attached hydrogens (tertiary/aromatic N) is 3. The number of rotatable bonds is 4. The van der Waals surface area contributed by atoms with E-state index in [1.165, 1.54) is 11.3 Å². The number of amides is 2. The standard InChI is InChI=1S/C15H19N5O2S/c1-10-13(18-19-17-10)15(22)20-5-2-3-11(8-20)7-16-14(21)12-4-6-23-9-12/h4,6,9,11H,2-3,5,7-8H2,1H3,(H,16,21)(H,17,18,19). The summed E-state index contributed by atoms with van der Waals surface area (Å²) in [7, 11) is 0. The lowest BCUT2D eigenvalue weighted by Gasteiger charge is -2.32. The van der Waals surface area contributed by atoms with Gasteiger partial charge in [-0.15, -0.1) is 0 Å². The van der Waals surface area contributed by atoms with Crippen LogP contribution in [0.2, 0.25) is 0 Å². The summed E-state index contributed by atoms with van der Waals surface area (Å²) in [4.78, 5) is 26.3. The molecule has 0 spiro atoms. The molecule has 2 amide bonds. The number of carbonyl (C=O) groups is 2. The molecule has 0 saturated carbocycles. The lowest BCUT2D eigenvalue weighted by Crippen LogP contribution is -2.44. The molecule has 2 aromatic rings. The smallest absolute Gasteiger partial charge is 0.276 e. The largest absolute Gasteiger partial charge is 0.352 e. The Kier molecular flexibility index (Phi) is 4.71. The predicted molar refractivity (Wildman–Crippen MR) is 86.4 cm³/mol. The molecule has 0 aromatic carbocycles. The Balaban J connectivity index is 1.55. The molecular weight excluding hydrogens is 314 g/mol. The van der Waals surface area contributed by atoms with Crippen LogP contribution in [-0.4, -0.2) is 51.8 Å². The Bertz CT molecular complexity index is 682. The fourth-order valence-corrected chi connectivity index (χ4v) is 3.42. The number of likely N-dealkylation sites (tertiary alicyclic amines) is 1. The molecule has 1 aliphatic rings. The van der Waals surface area contributed by atoms with E-state index >= 15 is 0 Å². The third-order valence-corrected chi connectivity index (χ3v) is 4.75. The molecule has 1 saturated heterocycles. The summed E-state index contributed by atoms with van der Waals surface area (Å²) < 4.78 is 0. The number of thiophene rings is 1. The monoisotopic (exact) mass is 333 g/mol. The molecule has 0 bridgehead atoms. The van der Waals surface area contributed by atoms with Gasteiger partial charge in [0.2, 0.25) is 0 Å². The van der Waals surface area contributed by atoms with Crippen LogP contribution in [0.5, 0.6) is 0 Å². The van der Waals surface area contributed by atoms with E-state index in [0.717, 1.165) is 19.4 Å². The Morgan fingerprint density at radius 1 is 1.48 bits per heavy atom. The van der Waals surface area contributed by atoms with E-state index in [0.29, 0.717) is 30.0 Å². The molecule has 1 aliphatic heterocycles. The number of H-pyrrole nitrogens is 1. The average molecular weight is 333 g/mol. The lowest BCUT2D eigenvalue weighted by atomic mass is 9.97. The third-order valence-electron chi connectivity index (χ3n) is 4.07. The Hall–Kier alpha value is -2.22. The summed E-state index contributed by atoms with van der Waals surface area (Å²) >= 11 is 1.50. The minimum absolute atomic E-state index is 0.0537. The van der Waals surface area contributed by atoms with Crippen LogP contribution in [0, 0.1) is 12.8 Å². The van der Waals surface area contributed by atoms with Crippen molar-refractivity contribution in [3.8, 4) is 0 Å². The summed E-state index contributed by atoms with van der Waals surface area (Å²) in [6.45, 7) is 3.70. The van der Waals surface area contributed by atoms with Crippen molar-refractivity contribution in [1.29, 1.82) is 0 Å². The van der Waals surface area contributed by atoms with Gasteiger partial charge in [-0.05, 0) is 37.1 Å². The van der Waals surface area contributed by atoms with Crippen LogP contribution in [0.4, 0.5) is 0 Å². The van der Waals surface area contributed by atoms with E-state index in [9.17, 15) is 9.59 Å². The SMILES string of the molecule is Cc1n[nH]nc1C(=O)N1CCCC(CNC(=O)c2ccsc2)C1. The van der Waals surface area contributed by atoms with Crippen molar-refractivity contribution in [1.82, 2.24) is 25.6 Å². The van der Waals surface area contributed by atoms with Gasteiger partial charge in [-0.2, -0.15) is 26.7 Å². The van der Waals surface area contributed by atoms with E-state index in [1.54, 1.807) is 11.8 Å². The molecular formula is C15H19N5O2S. The molecule has 1 unspecified atom stereocenters. The Morgan fingerprint density at radius 3 is 3.04 bits per heavy atom. The van der Waals surface area contributed by atoms with Gasteiger partial charge >= 0.3 is 0 Å². The molecule has 122 valence electrons. The molecule has 0 radical (unpaired) electrons. The first-order valence-corrected chi connectivity index (χ1v) is 8.56. The van der Waals surface area contributed by atoms with Crippen LogP contribution >= 0.6 is 11.3 Å². The molecule has 8 heteroatoms. The van der Waals surface area contributed by atoms with Crippen molar-refractivity contribution in [2.24, 2.45) is 5.92 Å². The highest BCUT2D eigenvalue weighted by atomic mass is 32.1. The number of aryl methyl sites for hydroxylation is 1. The van der Waals surface area contributed by atoms with Crippen molar-refractivity contribution in [2.45, 2.75) is 19.8 Å². The molecule has 2 aromatic heterocycles. The van der Waals surface area contributed by atoms with Crippen LogP contribution in [0.25, 0.3) is 0 Å². The average Bonchev–Trinajstić information content (AvgIpc) is 3.23. The van der Waals surface area contributed by atoms with Crippen LogP contribution in [0.15, 0.2) is 16.8 Å². The predicted octanol–water partition coefficient (Wildman–Crippen LogP) is 1.46. The van der Waals surface area contributed by atoms with Crippen molar-refractivity contribution in [3.63, 3.8) is 0 Å². The van der Waals surface area contributed by atoms with Crippen molar-refractivity contribution in [2.75, 3.05) is 19.6 Å². The number of aromatic amines is 1. The first-order valence-electron chi connectivity index (χ1n) is 7.62. The normalized spacial score (nSPS) is 18.0. The van der Waals surface area contributed by atoms with Crippen LogP contribution in [-0.2, 0) is 0 Å². The zero-order valence-corrected chi connectivity index (χ0v) is 13.7. The topological polar surface area (TPSA) is 91.0 Å². The number of nitrogens with one attached hydrogen (secondary N) is 2. The van der Waals surface area contributed by atoms with E-state index in [4.69, 9.17) is 0 Å². The van der Waals surface area contributed by atoms with Crippen molar-refractivity contribution < 1.29 is 9.59 Å². The van der Waals surface area contributed by atoms with E-state index in [2.05, 4.69) is 20.7 Å². The fraction of sp³-hybridized carbons (Fsp3) is 0.467. The first kappa shape index (κ1) is 15.7. The highest BCUT2D eigenvalue weighted by molar-refractivity contribution is 7.08. The zero-order chi connectivity index (χ0) is 16.2. The molecule has 2 N–H and O–H groups in total. The quantitative estimate of drug-likeness (QED) is 0.886. The lowest BCUT2D eigenvalue weighted by molar-refractivity contribution is 0.0664. The number of hydrogen-bond donors (Lipinski definition) is 2. The van der Waals surface area contributed by atoms with Gasteiger partial charge in [0.15, 0.2) is 5.69 Å². The van der Waals surface area contributed by atoms with Gasteiger partial charge in [0, 0.05) is 30.6 Å². The third kappa shape index (κ3) is 3.58. The van der Waals surface area contributed by atoms with E-state index in [-0.39, 0.29) is 17.7 Å². The van der Waals surface area contributed by atoms with Gasteiger partial charge in [0.05, 0.1) is 5.69 Å². The summed E-state index contributed by atoms with van der Waals surface area (Å²) in [6.07, 6.45) is 1.94. The number of piperidine rings is 1. The maximum absolute atomic E-state index is 12.5. The molecule has 3 rings (SSSR count). The highest BCUT2D eigenvalue weighted by Gasteiger charge is 2.27. The van der Waals surface area contributed by atoms with Crippen LogP contribution in [0.3, 0.4) is 0 Å². The minimum atomic E-state index is -0.0925. The molecule has 0 aliphatic carbocycles.